The third-order valence-electron chi connectivity index (χ3n) is 1.77. The SMILES string of the molecule is C=CCNc1nc(Cl)c2cc[nH]c2n1. The summed E-state index contributed by atoms with van der Waals surface area (Å²) in [5.74, 6) is 0.504. The molecule has 0 aliphatic carbocycles. The molecule has 5 heteroatoms. The minimum Gasteiger partial charge on any atom is -0.351 e. The average Bonchev–Trinajstić information content (AvgIpc) is 2.63. The highest BCUT2D eigenvalue weighted by atomic mass is 35.5. The van der Waals surface area contributed by atoms with Gasteiger partial charge < -0.3 is 10.3 Å². The van der Waals surface area contributed by atoms with E-state index in [4.69, 9.17) is 11.6 Å². The van der Waals surface area contributed by atoms with Crippen LogP contribution in [0.3, 0.4) is 0 Å². The molecule has 0 amide bonds. The first kappa shape index (κ1) is 9.02. The Morgan fingerprint density at radius 1 is 1.57 bits per heavy atom. The van der Waals surface area contributed by atoms with Crippen LogP contribution in [0.1, 0.15) is 0 Å². The van der Waals surface area contributed by atoms with Crippen LogP contribution in [-0.4, -0.2) is 21.5 Å². The molecule has 4 nitrogen and oxygen atoms in total. The fourth-order valence-corrected chi connectivity index (χ4v) is 1.38. The summed E-state index contributed by atoms with van der Waals surface area (Å²) in [4.78, 5) is 11.3. The van der Waals surface area contributed by atoms with Crippen molar-refractivity contribution in [3.8, 4) is 0 Å². The summed E-state index contributed by atoms with van der Waals surface area (Å²) in [5, 5.41) is 4.25. The normalized spacial score (nSPS) is 10.4. The number of nitrogens with one attached hydrogen (secondary N) is 2. The van der Waals surface area contributed by atoms with Gasteiger partial charge in [-0.2, -0.15) is 4.98 Å². The Labute approximate surface area is 86.0 Å². The standard InChI is InChI=1S/C9H9ClN4/c1-2-4-12-9-13-7(10)6-3-5-11-8(6)14-9/h2-3,5H,1,4H2,(H2,11,12,13,14). The van der Waals surface area contributed by atoms with Crippen LogP contribution in [0.25, 0.3) is 11.0 Å². The number of rotatable bonds is 3. The van der Waals surface area contributed by atoms with Gasteiger partial charge in [0, 0.05) is 12.7 Å². The van der Waals surface area contributed by atoms with Crippen LogP contribution in [0, 0.1) is 0 Å². The Morgan fingerprint density at radius 3 is 3.21 bits per heavy atom. The number of anilines is 1. The van der Waals surface area contributed by atoms with Gasteiger partial charge in [0.15, 0.2) is 0 Å². The minimum atomic E-state index is 0.447. The van der Waals surface area contributed by atoms with Crippen LogP contribution in [-0.2, 0) is 0 Å². The van der Waals surface area contributed by atoms with Gasteiger partial charge in [-0.05, 0) is 6.07 Å². The molecule has 0 saturated carbocycles. The number of nitrogens with zero attached hydrogens (tertiary/aromatic N) is 2. The van der Waals surface area contributed by atoms with E-state index in [0.29, 0.717) is 17.6 Å². The number of H-pyrrole nitrogens is 1. The van der Waals surface area contributed by atoms with Crippen molar-refractivity contribution in [3.05, 3.63) is 30.1 Å². The quantitative estimate of drug-likeness (QED) is 0.601. The summed E-state index contributed by atoms with van der Waals surface area (Å²) in [6.45, 7) is 4.21. The fourth-order valence-electron chi connectivity index (χ4n) is 1.15. The van der Waals surface area contributed by atoms with Crippen molar-refractivity contribution in [1.82, 2.24) is 15.0 Å². The van der Waals surface area contributed by atoms with Crippen LogP contribution in [0.4, 0.5) is 5.95 Å². The molecule has 0 radical (unpaired) electrons. The molecule has 0 atom stereocenters. The number of aromatic amines is 1. The van der Waals surface area contributed by atoms with Crippen LogP contribution in [0.15, 0.2) is 24.9 Å². The fraction of sp³-hybridized carbons (Fsp3) is 0.111. The highest BCUT2D eigenvalue weighted by Gasteiger charge is 2.05. The molecule has 0 unspecified atom stereocenters. The zero-order chi connectivity index (χ0) is 9.97. The maximum absolute atomic E-state index is 5.95. The van der Waals surface area contributed by atoms with Gasteiger partial charge >= 0.3 is 0 Å². The van der Waals surface area contributed by atoms with Crippen molar-refractivity contribution in [2.45, 2.75) is 0 Å². The van der Waals surface area contributed by atoms with Gasteiger partial charge in [0.25, 0.3) is 0 Å². The lowest BCUT2D eigenvalue weighted by molar-refractivity contribution is 1.14. The molecule has 0 aliphatic rings. The van der Waals surface area contributed by atoms with Crippen LogP contribution < -0.4 is 5.32 Å². The third-order valence-corrected chi connectivity index (χ3v) is 2.06. The molecule has 2 aromatic rings. The first-order valence-corrected chi connectivity index (χ1v) is 4.54. The van der Waals surface area contributed by atoms with Gasteiger partial charge in [0.2, 0.25) is 5.95 Å². The summed E-state index contributed by atoms with van der Waals surface area (Å²) in [7, 11) is 0. The lowest BCUT2D eigenvalue weighted by atomic mass is 10.4. The number of fused-ring (bicyclic) bond motifs is 1. The highest BCUT2D eigenvalue weighted by molar-refractivity contribution is 6.34. The number of hydrogen-bond donors (Lipinski definition) is 2. The van der Waals surface area contributed by atoms with Gasteiger partial charge in [0.1, 0.15) is 10.8 Å². The molecule has 0 saturated heterocycles. The molecular formula is C9H9ClN4. The molecule has 14 heavy (non-hydrogen) atoms. The van der Waals surface area contributed by atoms with Gasteiger partial charge in [-0.15, -0.1) is 6.58 Å². The lowest BCUT2D eigenvalue weighted by Crippen LogP contribution is -2.02. The van der Waals surface area contributed by atoms with Crippen molar-refractivity contribution in [2.75, 3.05) is 11.9 Å². The molecule has 2 N–H and O–H groups in total. The highest BCUT2D eigenvalue weighted by Crippen LogP contribution is 2.20. The summed E-state index contributed by atoms with van der Waals surface area (Å²) >= 11 is 5.95. The molecular weight excluding hydrogens is 200 g/mol. The van der Waals surface area contributed by atoms with E-state index in [-0.39, 0.29) is 0 Å². The average molecular weight is 209 g/mol. The van der Waals surface area contributed by atoms with Crippen molar-refractivity contribution in [1.29, 1.82) is 0 Å². The van der Waals surface area contributed by atoms with E-state index in [1.165, 1.54) is 0 Å². The van der Waals surface area contributed by atoms with Gasteiger partial charge in [0.05, 0.1) is 5.39 Å². The second-order valence-corrected chi connectivity index (χ2v) is 3.11. The van der Waals surface area contributed by atoms with Crippen LogP contribution in [0.5, 0.6) is 0 Å². The molecule has 2 rings (SSSR count). The van der Waals surface area contributed by atoms with E-state index in [0.717, 1.165) is 11.0 Å². The summed E-state index contributed by atoms with van der Waals surface area (Å²) in [5.41, 5.74) is 0.733. The monoisotopic (exact) mass is 208 g/mol. The first-order chi connectivity index (χ1) is 6.81. The van der Waals surface area contributed by atoms with Gasteiger partial charge in [-0.1, -0.05) is 17.7 Å². The molecule has 0 aromatic carbocycles. The lowest BCUT2D eigenvalue weighted by Gasteiger charge is -2.01. The van der Waals surface area contributed by atoms with Gasteiger partial charge in [-0.25, -0.2) is 4.98 Å². The maximum Gasteiger partial charge on any atom is 0.226 e. The van der Waals surface area contributed by atoms with Crippen molar-refractivity contribution in [2.24, 2.45) is 0 Å². The Morgan fingerprint density at radius 2 is 2.43 bits per heavy atom. The van der Waals surface area contributed by atoms with Crippen molar-refractivity contribution >= 4 is 28.6 Å². The number of halogens is 1. The molecule has 0 spiro atoms. The zero-order valence-corrected chi connectivity index (χ0v) is 8.17. The van der Waals surface area contributed by atoms with Crippen molar-refractivity contribution in [3.63, 3.8) is 0 Å². The Balaban J connectivity index is 2.42. The number of hydrogen-bond acceptors (Lipinski definition) is 3. The summed E-state index contributed by atoms with van der Waals surface area (Å²) < 4.78 is 0. The summed E-state index contributed by atoms with van der Waals surface area (Å²) in [6.07, 6.45) is 3.51. The van der Waals surface area contributed by atoms with E-state index in [2.05, 4.69) is 26.8 Å². The molecule has 0 bridgehead atoms. The predicted octanol–water partition coefficient (Wildman–Crippen LogP) is 2.21. The first-order valence-electron chi connectivity index (χ1n) is 4.16. The van der Waals surface area contributed by atoms with E-state index < -0.39 is 0 Å². The predicted molar refractivity (Wildman–Crippen MR) is 57.6 cm³/mol. The Kier molecular flexibility index (Phi) is 2.37. The third kappa shape index (κ3) is 1.56. The molecule has 0 fully saturated rings. The minimum absolute atomic E-state index is 0.447. The van der Waals surface area contributed by atoms with E-state index in [1.54, 1.807) is 12.3 Å². The van der Waals surface area contributed by atoms with Crippen LogP contribution >= 0.6 is 11.6 Å². The zero-order valence-electron chi connectivity index (χ0n) is 7.42. The van der Waals surface area contributed by atoms with E-state index in [1.807, 2.05) is 6.07 Å². The van der Waals surface area contributed by atoms with E-state index >= 15 is 0 Å². The van der Waals surface area contributed by atoms with E-state index in [9.17, 15) is 0 Å². The van der Waals surface area contributed by atoms with Crippen LogP contribution in [0.2, 0.25) is 5.15 Å². The molecule has 0 aliphatic heterocycles. The largest absolute Gasteiger partial charge is 0.351 e. The topological polar surface area (TPSA) is 53.6 Å². The Bertz CT molecular complexity index is 463. The second-order valence-electron chi connectivity index (χ2n) is 2.75. The second kappa shape index (κ2) is 3.67. The number of aromatic nitrogens is 3. The summed E-state index contributed by atoms with van der Waals surface area (Å²) in [6, 6.07) is 1.84. The Hall–Kier alpha value is -1.55. The van der Waals surface area contributed by atoms with Crippen molar-refractivity contribution < 1.29 is 0 Å². The van der Waals surface area contributed by atoms with Gasteiger partial charge in [-0.3, -0.25) is 0 Å². The smallest absolute Gasteiger partial charge is 0.226 e. The maximum atomic E-state index is 5.95. The molecule has 2 aromatic heterocycles. The molecule has 72 valence electrons. The molecule has 2 heterocycles.